The average Bonchev–Trinajstić information content (AvgIpc) is 2.63. The SMILES string of the molecule is CCCCOCCNC(=NCc1ccc(C)cc1OCCOC)NCC. The van der Waals surface area contributed by atoms with Crippen LogP contribution in [0.3, 0.4) is 0 Å². The van der Waals surface area contributed by atoms with Crippen LogP contribution in [0.1, 0.15) is 37.8 Å². The lowest BCUT2D eigenvalue weighted by atomic mass is 10.1. The van der Waals surface area contributed by atoms with E-state index < -0.39 is 0 Å². The summed E-state index contributed by atoms with van der Waals surface area (Å²) < 4.78 is 16.5. The van der Waals surface area contributed by atoms with E-state index in [-0.39, 0.29) is 0 Å². The maximum Gasteiger partial charge on any atom is 0.191 e. The molecular weight excluding hydrogens is 330 g/mol. The molecule has 1 aromatic rings. The molecule has 0 radical (unpaired) electrons. The number of ether oxygens (including phenoxy) is 3. The van der Waals surface area contributed by atoms with E-state index in [1.54, 1.807) is 7.11 Å². The number of rotatable bonds is 13. The first-order valence-corrected chi connectivity index (χ1v) is 9.52. The second kappa shape index (κ2) is 14.4. The Morgan fingerprint density at radius 1 is 1.08 bits per heavy atom. The molecule has 1 rings (SSSR count). The number of benzene rings is 1. The van der Waals surface area contributed by atoms with Gasteiger partial charge >= 0.3 is 0 Å². The van der Waals surface area contributed by atoms with Crippen molar-refractivity contribution in [3.63, 3.8) is 0 Å². The molecule has 0 amide bonds. The summed E-state index contributed by atoms with van der Waals surface area (Å²) >= 11 is 0. The highest BCUT2D eigenvalue weighted by atomic mass is 16.5. The zero-order valence-electron chi connectivity index (χ0n) is 16.8. The molecule has 0 unspecified atom stereocenters. The third kappa shape index (κ3) is 9.63. The van der Waals surface area contributed by atoms with E-state index in [1.165, 1.54) is 5.56 Å². The van der Waals surface area contributed by atoms with Gasteiger partial charge in [0.1, 0.15) is 12.4 Å². The van der Waals surface area contributed by atoms with Crippen molar-refractivity contribution in [2.24, 2.45) is 4.99 Å². The van der Waals surface area contributed by atoms with Gasteiger partial charge in [-0.15, -0.1) is 0 Å². The van der Waals surface area contributed by atoms with Crippen molar-refractivity contribution in [2.45, 2.75) is 40.2 Å². The number of aryl methyl sites for hydroxylation is 1. The fraction of sp³-hybridized carbons (Fsp3) is 0.650. The van der Waals surface area contributed by atoms with Crippen LogP contribution in [0.4, 0.5) is 0 Å². The molecule has 0 aliphatic heterocycles. The van der Waals surface area contributed by atoms with Gasteiger partial charge in [-0.25, -0.2) is 4.99 Å². The first kappa shape index (κ1) is 22.3. The van der Waals surface area contributed by atoms with Crippen LogP contribution in [0, 0.1) is 6.92 Å². The molecule has 0 heterocycles. The van der Waals surface area contributed by atoms with E-state index in [0.717, 1.165) is 49.8 Å². The van der Waals surface area contributed by atoms with Crippen LogP contribution in [0.15, 0.2) is 23.2 Å². The molecule has 0 spiro atoms. The number of unbranched alkanes of at least 4 members (excludes halogenated alkanes) is 1. The van der Waals surface area contributed by atoms with Gasteiger partial charge < -0.3 is 24.8 Å². The lowest BCUT2D eigenvalue weighted by Gasteiger charge is -2.13. The number of hydrogen-bond acceptors (Lipinski definition) is 4. The van der Waals surface area contributed by atoms with Crippen molar-refractivity contribution in [3.8, 4) is 5.75 Å². The molecule has 0 saturated carbocycles. The Kier molecular flexibility index (Phi) is 12.3. The largest absolute Gasteiger partial charge is 0.491 e. The molecule has 0 aliphatic carbocycles. The number of hydrogen-bond donors (Lipinski definition) is 2. The van der Waals surface area contributed by atoms with Gasteiger partial charge in [-0.1, -0.05) is 25.5 Å². The van der Waals surface area contributed by atoms with E-state index in [9.17, 15) is 0 Å². The molecular formula is C20H35N3O3. The van der Waals surface area contributed by atoms with E-state index >= 15 is 0 Å². The highest BCUT2D eigenvalue weighted by Gasteiger charge is 2.05. The summed E-state index contributed by atoms with van der Waals surface area (Å²) in [5.41, 5.74) is 2.22. The summed E-state index contributed by atoms with van der Waals surface area (Å²) in [5, 5.41) is 6.56. The van der Waals surface area contributed by atoms with Crippen LogP contribution in [0.25, 0.3) is 0 Å². The summed E-state index contributed by atoms with van der Waals surface area (Å²) in [4.78, 5) is 4.66. The van der Waals surface area contributed by atoms with Crippen LogP contribution < -0.4 is 15.4 Å². The molecule has 0 atom stereocenters. The number of guanidine groups is 1. The van der Waals surface area contributed by atoms with Crippen LogP contribution in [-0.2, 0) is 16.0 Å². The Labute approximate surface area is 158 Å². The van der Waals surface area contributed by atoms with Gasteiger partial charge in [0.15, 0.2) is 5.96 Å². The van der Waals surface area contributed by atoms with Gasteiger partial charge in [0.2, 0.25) is 0 Å². The molecule has 0 saturated heterocycles. The standard InChI is InChI=1S/C20H35N3O3/c1-5-7-11-25-12-10-22-20(21-6-2)23-16-18-9-8-17(3)15-19(18)26-14-13-24-4/h8-9,15H,5-7,10-14,16H2,1-4H3,(H2,21,22,23). The molecule has 26 heavy (non-hydrogen) atoms. The predicted octanol–water partition coefficient (Wildman–Crippen LogP) is 2.89. The smallest absolute Gasteiger partial charge is 0.191 e. The fourth-order valence-corrected chi connectivity index (χ4v) is 2.26. The fourth-order valence-electron chi connectivity index (χ4n) is 2.26. The Hall–Kier alpha value is -1.79. The number of nitrogens with one attached hydrogen (secondary N) is 2. The lowest BCUT2D eigenvalue weighted by Crippen LogP contribution is -2.39. The first-order valence-electron chi connectivity index (χ1n) is 9.52. The van der Waals surface area contributed by atoms with Crippen molar-refractivity contribution in [1.82, 2.24) is 10.6 Å². The van der Waals surface area contributed by atoms with Crippen molar-refractivity contribution in [3.05, 3.63) is 29.3 Å². The third-order valence-electron chi connectivity index (χ3n) is 3.70. The van der Waals surface area contributed by atoms with Gasteiger partial charge in [0, 0.05) is 32.4 Å². The predicted molar refractivity (Wildman–Crippen MR) is 107 cm³/mol. The summed E-state index contributed by atoms with van der Waals surface area (Å²) in [7, 11) is 1.67. The molecule has 2 N–H and O–H groups in total. The lowest BCUT2D eigenvalue weighted by molar-refractivity contribution is 0.136. The van der Waals surface area contributed by atoms with Crippen LogP contribution >= 0.6 is 0 Å². The number of methoxy groups -OCH3 is 1. The van der Waals surface area contributed by atoms with Gasteiger partial charge in [-0.05, 0) is 31.9 Å². The minimum Gasteiger partial charge on any atom is -0.491 e. The molecule has 6 heteroatoms. The minimum atomic E-state index is 0.532. The molecule has 0 fully saturated rings. The molecule has 148 valence electrons. The molecule has 0 aromatic heterocycles. The van der Waals surface area contributed by atoms with Gasteiger partial charge in [-0.3, -0.25) is 0 Å². The average molecular weight is 366 g/mol. The van der Waals surface area contributed by atoms with Crippen LogP contribution in [0.2, 0.25) is 0 Å². The van der Waals surface area contributed by atoms with E-state index in [1.807, 2.05) is 6.07 Å². The van der Waals surface area contributed by atoms with Gasteiger partial charge in [-0.2, -0.15) is 0 Å². The van der Waals surface area contributed by atoms with Gasteiger partial charge in [0.25, 0.3) is 0 Å². The number of nitrogens with zero attached hydrogens (tertiary/aromatic N) is 1. The Morgan fingerprint density at radius 2 is 1.92 bits per heavy atom. The Balaban J connectivity index is 2.58. The third-order valence-corrected chi connectivity index (χ3v) is 3.70. The van der Waals surface area contributed by atoms with Crippen molar-refractivity contribution in [2.75, 3.05) is 46.6 Å². The van der Waals surface area contributed by atoms with E-state index in [2.05, 4.69) is 48.5 Å². The molecule has 1 aromatic carbocycles. The highest BCUT2D eigenvalue weighted by molar-refractivity contribution is 5.79. The minimum absolute atomic E-state index is 0.532. The maximum absolute atomic E-state index is 5.83. The Morgan fingerprint density at radius 3 is 2.65 bits per heavy atom. The zero-order valence-corrected chi connectivity index (χ0v) is 16.8. The molecule has 0 aliphatic rings. The number of aliphatic imine (C=N–C) groups is 1. The monoisotopic (exact) mass is 365 g/mol. The Bertz CT molecular complexity index is 521. The van der Waals surface area contributed by atoms with Crippen LogP contribution in [-0.4, -0.2) is 52.6 Å². The zero-order chi connectivity index (χ0) is 19.0. The summed E-state index contributed by atoms with van der Waals surface area (Å²) in [5.74, 6) is 1.65. The van der Waals surface area contributed by atoms with E-state index in [4.69, 9.17) is 14.2 Å². The topological polar surface area (TPSA) is 64.1 Å². The molecule has 0 bridgehead atoms. The molecule has 6 nitrogen and oxygen atoms in total. The summed E-state index contributed by atoms with van der Waals surface area (Å²) in [6, 6.07) is 6.19. The normalized spacial score (nSPS) is 11.5. The second-order valence-corrected chi connectivity index (χ2v) is 6.04. The van der Waals surface area contributed by atoms with Crippen LogP contribution in [0.5, 0.6) is 5.75 Å². The highest BCUT2D eigenvalue weighted by Crippen LogP contribution is 2.21. The van der Waals surface area contributed by atoms with Crippen molar-refractivity contribution in [1.29, 1.82) is 0 Å². The van der Waals surface area contributed by atoms with E-state index in [0.29, 0.717) is 26.4 Å². The summed E-state index contributed by atoms with van der Waals surface area (Å²) in [6.45, 7) is 11.0. The quantitative estimate of drug-likeness (QED) is 0.320. The maximum atomic E-state index is 5.83. The van der Waals surface area contributed by atoms with Crippen molar-refractivity contribution < 1.29 is 14.2 Å². The first-order chi connectivity index (χ1) is 12.7. The van der Waals surface area contributed by atoms with Gasteiger partial charge in [0.05, 0.1) is 19.8 Å². The second-order valence-electron chi connectivity index (χ2n) is 6.04. The van der Waals surface area contributed by atoms with Crippen molar-refractivity contribution >= 4 is 5.96 Å². The summed E-state index contributed by atoms with van der Waals surface area (Å²) in [6.07, 6.45) is 2.26.